The van der Waals surface area contributed by atoms with E-state index in [-0.39, 0.29) is 11.9 Å². The van der Waals surface area contributed by atoms with Crippen molar-refractivity contribution in [3.63, 3.8) is 0 Å². The van der Waals surface area contributed by atoms with Crippen LogP contribution in [0.3, 0.4) is 0 Å². The molecule has 1 heterocycles. The van der Waals surface area contributed by atoms with E-state index >= 15 is 0 Å². The van der Waals surface area contributed by atoms with Crippen molar-refractivity contribution < 1.29 is 9.13 Å². The van der Waals surface area contributed by atoms with Gasteiger partial charge in [-0.1, -0.05) is 39.7 Å². The fourth-order valence-electron chi connectivity index (χ4n) is 2.47. The first-order valence-electron chi connectivity index (χ1n) is 6.22. The van der Waals surface area contributed by atoms with Gasteiger partial charge in [0.2, 0.25) is 0 Å². The lowest BCUT2D eigenvalue weighted by molar-refractivity contribution is 0.157. The minimum atomic E-state index is -0.472. The molecule has 2 atom stereocenters. The highest BCUT2D eigenvalue weighted by Crippen LogP contribution is 2.43. The molecule has 0 bridgehead atoms. The van der Waals surface area contributed by atoms with Gasteiger partial charge in [-0.25, -0.2) is 4.39 Å². The minimum Gasteiger partial charge on any atom is -0.485 e. The summed E-state index contributed by atoms with van der Waals surface area (Å²) in [5.74, 6) is 0.301. The van der Waals surface area contributed by atoms with Gasteiger partial charge in [0.1, 0.15) is 17.7 Å². The average molecular weight is 357 g/mol. The number of ether oxygens (including phenoxy) is 1. The maximum Gasteiger partial charge on any atom is 0.131 e. The summed E-state index contributed by atoms with van der Waals surface area (Å²) in [6, 6.07) is 10.1. The molecule has 104 valence electrons. The highest BCUT2D eigenvalue weighted by molar-refractivity contribution is 9.10. The van der Waals surface area contributed by atoms with Crippen molar-refractivity contribution in [2.24, 2.45) is 5.73 Å². The first-order chi connectivity index (χ1) is 9.56. The Kier molecular flexibility index (Phi) is 3.71. The molecular formula is C15H12BrClFNO. The number of nitrogens with two attached hydrogens (primary N) is 1. The minimum absolute atomic E-state index is 0.201. The summed E-state index contributed by atoms with van der Waals surface area (Å²) in [5.41, 5.74) is 7.46. The van der Waals surface area contributed by atoms with Crippen molar-refractivity contribution >= 4 is 27.5 Å². The Bertz CT molecular complexity index is 644. The first-order valence-corrected chi connectivity index (χ1v) is 7.39. The molecule has 0 spiro atoms. The first kappa shape index (κ1) is 13.9. The van der Waals surface area contributed by atoms with E-state index in [0.717, 1.165) is 10.0 Å². The third kappa shape index (κ3) is 2.43. The van der Waals surface area contributed by atoms with Crippen molar-refractivity contribution in [2.75, 3.05) is 0 Å². The van der Waals surface area contributed by atoms with Crippen LogP contribution in [0.25, 0.3) is 0 Å². The van der Waals surface area contributed by atoms with Gasteiger partial charge in [-0.05, 0) is 24.3 Å². The Hall–Kier alpha value is -1.10. The predicted octanol–water partition coefficient (Wildman–Crippen LogP) is 4.77. The van der Waals surface area contributed by atoms with E-state index in [9.17, 15) is 4.39 Å². The highest BCUT2D eigenvalue weighted by Gasteiger charge is 2.30. The number of hydrogen-bond acceptors (Lipinski definition) is 2. The van der Waals surface area contributed by atoms with Crippen molar-refractivity contribution in [3.8, 4) is 5.75 Å². The van der Waals surface area contributed by atoms with Crippen LogP contribution < -0.4 is 10.5 Å². The fourth-order valence-corrected chi connectivity index (χ4v) is 3.10. The number of hydrogen-bond donors (Lipinski definition) is 1. The van der Waals surface area contributed by atoms with Crippen LogP contribution in [0.1, 0.15) is 29.7 Å². The summed E-state index contributed by atoms with van der Waals surface area (Å²) >= 11 is 9.49. The van der Waals surface area contributed by atoms with Crippen LogP contribution in [0, 0.1) is 5.82 Å². The summed E-state index contributed by atoms with van der Waals surface area (Å²) < 4.78 is 20.8. The zero-order chi connectivity index (χ0) is 14.3. The van der Waals surface area contributed by atoms with Crippen LogP contribution in [0.5, 0.6) is 5.75 Å². The lowest BCUT2D eigenvalue weighted by Crippen LogP contribution is -2.25. The van der Waals surface area contributed by atoms with E-state index in [4.69, 9.17) is 22.1 Å². The number of halogens is 3. The molecule has 1 aliphatic rings. The van der Waals surface area contributed by atoms with Gasteiger partial charge in [-0.3, -0.25) is 0 Å². The van der Waals surface area contributed by atoms with Crippen LogP contribution in [-0.4, -0.2) is 0 Å². The Balaban J connectivity index is 2.03. The van der Waals surface area contributed by atoms with Gasteiger partial charge in [0.25, 0.3) is 0 Å². The van der Waals surface area contributed by atoms with Crippen molar-refractivity contribution in [1.29, 1.82) is 0 Å². The van der Waals surface area contributed by atoms with Crippen LogP contribution in [0.2, 0.25) is 5.02 Å². The number of rotatable bonds is 1. The molecule has 0 saturated heterocycles. The fraction of sp³-hybridized carbons (Fsp3) is 0.200. The highest BCUT2D eigenvalue weighted by atomic mass is 79.9. The number of benzene rings is 2. The molecule has 20 heavy (non-hydrogen) atoms. The van der Waals surface area contributed by atoms with Gasteiger partial charge in [0.15, 0.2) is 0 Å². The standard InChI is InChI=1S/C15H12BrClFNO/c16-8-4-5-9-12(19)7-14(20-13(9)6-8)15-10(17)2-1-3-11(15)18/h1-6,12,14H,7,19H2/t12-,14?/m0/s1. The summed E-state index contributed by atoms with van der Waals surface area (Å²) in [6.45, 7) is 0. The largest absolute Gasteiger partial charge is 0.485 e. The molecule has 2 aromatic rings. The maximum absolute atomic E-state index is 14.0. The molecule has 3 rings (SSSR count). The monoisotopic (exact) mass is 355 g/mol. The molecule has 2 nitrogen and oxygen atoms in total. The van der Waals surface area contributed by atoms with E-state index in [1.54, 1.807) is 12.1 Å². The van der Waals surface area contributed by atoms with Crippen molar-refractivity contribution in [3.05, 3.63) is 62.8 Å². The molecule has 5 heteroatoms. The third-order valence-corrected chi connectivity index (χ3v) is 4.26. The Morgan fingerprint density at radius 1 is 1.30 bits per heavy atom. The second kappa shape index (κ2) is 5.35. The van der Waals surface area contributed by atoms with Gasteiger partial charge in [-0.15, -0.1) is 0 Å². The third-order valence-electron chi connectivity index (χ3n) is 3.43. The van der Waals surface area contributed by atoms with E-state index in [1.807, 2.05) is 18.2 Å². The summed E-state index contributed by atoms with van der Waals surface area (Å²) in [5, 5.41) is 0.362. The van der Waals surface area contributed by atoms with E-state index in [1.165, 1.54) is 6.07 Å². The normalized spacial score (nSPS) is 21.2. The smallest absolute Gasteiger partial charge is 0.131 e. The Morgan fingerprint density at radius 2 is 2.10 bits per heavy atom. The molecule has 2 N–H and O–H groups in total. The SMILES string of the molecule is N[C@H]1CC(c2c(F)cccc2Cl)Oc2cc(Br)ccc21. The second-order valence-corrected chi connectivity index (χ2v) is 6.09. The molecule has 0 saturated carbocycles. The summed E-state index contributed by atoms with van der Waals surface area (Å²) in [7, 11) is 0. The lowest BCUT2D eigenvalue weighted by Gasteiger charge is -2.31. The molecular weight excluding hydrogens is 345 g/mol. The molecule has 0 amide bonds. The van der Waals surface area contributed by atoms with Gasteiger partial charge < -0.3 is 10.5 Å². The molecule has 0 radical (unpaired) electrons. The van der Waals surface area contributed by atoms with E-state index in [2.05, 4.69) is 15.9 Å². The topological polar surface area (TPSA) is 35.2 Å². The maximum atomic E-state index is 14.0. The van der Waals surface area contributed by atoms with E-state index < -0.39 is 6.10 Å². The molecule has 1 aliphatic heterocycles. The molecule has 0 aromatic heterocycles. The van der Waals surface area contributed by atoms with Gasteiger partial charge in [0.05, 0.1) is 5.02 Å². The average Bonchev–Trinajstić information content (AvgIpc) is 2.38. The van der Waals surface area contributed by atoms with Crippen LogP contribution in [0.15, 0.2) is 40.9 Å². The van der Waals surface area contributed by atoms with Crippen molar-refractivity contribution in [2.45, 2.75) is 18.6 Å². The molecule has 1 unspecified atom stereocenters. The zero-order valence-corrected chi connectivity index (χ0v) is 12.8. The second-order valence-electron chi connectivity index (χ2n) is 4.77. The molecule has 2 aromatic carbocycles. The van der Waals surface area contributed by atoms with Crippen LogP contribution >= 0.6 is 27.5 Å². The van der Waals surface area contributed by atoms with E-state index in [0.29, 0.717) is 22.8 Å². The Morgan fingerprint density at radius 3 is 2.85 bits per heavy atom. The Labute approximate surface area is 129 Å². The van der Waals surface area contributed by atoms with Crippen LogP contribution in [0.4, 0.5) is 4.39 Å². The van der Waals surface area contributed by atoms with Crippen molar-refractivity contribution in [1.82, 2.24) is 0 Å². The van der Waals surface area contributed by atoms with Gasteiger partial charge >= 0.3 is 0 Å². The molecule has 0 aliphatic carbocycles. The van der Waals surface area contributed by atoms with Crippen LogP contribution in [-0.2, 0) is 0 Å². The summed E-state index contributed by atoms with van der Waals surface area (Å²) in [6.07, 6.45) is 0.0236. The zero-order valence-electron chi connectivity index (χ0n) is 10.4. The van der Waals surface area contributed by atoms with Gasteiger partial charge in [0, 0.05) is 28.1 Å². The summed E-state index contributed by atoms with van der Waals surface area (Å²) in [4.78, 5) is 0. The van der Waals surface area contributed by atoms with Gasteiger partial charge in [-0.2, -0.15) is 0 Å². The molecule has 0 fully saturated rings. The lowest BCUT2D eigenvalue weighted by atomic mass is 9.93. The number of fused-ring (bicyclic) bond motifs is 1. The quantitative estimate of drug-likeness (QED) is 0.799. The predicted molar refractivity (Wildman–Crippen MR) is 80.5 cm³/mol.